The second-order valence-corrected chi connectivity index (χ2v) is 4.16. The molecule has 0 heterocycles. The van der Waals surface area contributed by atoms with Crippen molar-refractivity contribution in [2.24, 2.45) is 0 Å². The van der Waals surface area contributed by atoms with Crippen LogP contribution in [0.25, 0.3) is 6.08 Å². The van der Waals surface area contributed by atoms with E-state index in [1.54, 1.807) is 30.3 Å². The highest BCUT2D eigenvalue weighted by Gasteiger charge is 2.30. The van der Waals surface area contributed by atoms with Crippen molar-refractivity contribution in [2.75, 3.05) is 6.61 Å². The average molecular weight is 279 g/mol. The van der Waals surface area contributed by atoms with Crippen molar-refractivity contribution in [2.45, 2.75) is 25.9 Å². The summed E-state index contributed by atoms with van der Waals surface area (Å²) in [4.78, 5) is 21.7. The number of unbranched alkanes of at least 4 members (excludes halogenated alkanes) is 1. The molecule has 0 aromatic heterocycles. The molecule has 0 bridgehead atoms. The molecule has 1 aromatic carbocycles. The van der Waals surface area contributed by atoms with E-state index in [1.165, 1.54) is 0 Å². The molecular formula is C14H17NO5. The van der Waals surface area contributed by atoms with E-state index in [2.05, 4.69) is 0 Å². The standard InChI is InChI=1S/C14H17NO5/c1-2-3-9-20-14(17)13(16)12(15(18)19)10-11-7-5-4-6-8-11/h4-8,10,13,16H,2-3,9H2,1H3. The summed E-state index contributed by atoms with van der Waals surface area (Å²) in [6.45, 7) is 2.06. The van der Waals surface area contributed by atoms with Gasteiger partial charge in [0.2, 0.25) is 6.10 Å². The van der Waals surface area contributed by atoms with E-state index in [0.717, 1.165) is 12.5 Å². The van der Waals surface area contributed by atoms with Gasteiger partial charge in [-0.1, -0.05) is 43.7 Å². The number of aliphatic hydroxyl groups is 1. The number of rotatable bonds is 7. The number of hydrogen-bond donors (Lipinski definition) is 1. The molecule has 1 aromatic rings. The Hall–Kier alpha value is -2.21. The molecule has 0 saturated carbocycles. The van der Waals surface area contributed by atoms with Gasteiger partial charge in [-0.25, -0.2) is 4.79 Å². The largest absolute Gasteiger partial charge is 0.463 e. The Labute approximate surface area is 116 Å². The maximum Gasteiger partial charge on any atom is 0.346 e. The lowest BCUT2D eigenvalue weighted by Gasteiger charge is -2.08. The Morgan fingerprint density at radius 3 is 2.65 bits per heavy atom. The number of hydrogen-bond acceptors (Lipinski definition) is 5. The van der Waals surface area contributed by atoms with Crippen molar-refractivity contribution in [3.8, 4) is 0 Å². The Balaban J connectivity index is 2.83. The van der Waals surface area contributed by atoms with Gasteiger partial charge in [0.25, 0.3) is 5.70 Å². The van der Waals surface area contributed by atoms with E-state index in [0.29, 0.717) is 12.0 Å². The smallest absolute Gasteiger partial charge is 0.346 e. The number of aliphatic hydroxyl groups excluding tert-OH is 1. The quantitative estimate of drug-likeness (QED) is 0.357. The lowest BCUT2D eigenvalue weighted by atomic mass is 10.1. The lowest BCUT2D eigenvalue weighted by Crippen LogP contribution is -2.29. The van der Waals surface area contributed by atoms with E-state index in [9.17, 15) is 20.0 Å². The summed E-state index contributed by atoms with van der Waals surface area (Å²) in [6, 6.07) is 8.45. The van der Waals surface area contributed by atoms with Crippen LogP contribution in [0.2, 0.25) is 0 Å². The molecule has 0 saturated heterocycles. The van der Waals surface area contributed by atoms with Crippen LogP contribution in [0.1, 0.15) is 25.3 Å². The van der Waals surface area contributed by atoms with Gasteiger partial charge in [0.05, 0.1) is 11.5 Å². The highest BCUT2D eigenvalue weighted by molar-refractivity contribution is 5.79. The van der Waals surface area contributed by atoms with Gasteiger partial charge in [-0.15, -0.1) is 0 Å². The number of benzene rings is 1. The minimum Gasteiger partial charge on any atom is -0.463 e. The number of carbonyl (C=O) groups is 1. The van der Waals surface area contributed by atoms with Crippen molar-refractivity contribution in [3.63, 3.8) is 0 Å². The van der Waals surface area contributed by atoms with E-state index >= 15 is 0 Å². The fraction of sp³-hybridized carbons (Fsp3) is 0.357. The third-order valence-corrected chi connectivity index (χ3v) is 2.57. The van der Waals surface area contributed by atoms with Gasteiger partial charge < -0.3 is 9.84 Å². The molecule has 0 aliphatic rings. The van der Waals surface area contributed by atoms with Crippen molar-refractivity contribution in [3.05, 3.63) is 51.7 Å². The van der Waals surface area contributed by atoms with Crippen LogP contribution in [-0.4, -0.2) is 28.7 Å². The second-order valence-electron chi connectivity index (χ2n) is 4.16. The number of esters is 1. The molecule has 0 amide bonds. The van der Waals surface area contributed by atoms with Crippen molar-refractivity contribution in [1.82, 2.24) is 0 Å². The Morgan fingerprint density at radius 1 is 1.45 bits per heavy atom. The molecule has 0 aliphatic heterocycles. The van der Waals surface area contributed by atoms with Crippen LogP contribution in [0, 0.1) is 10.1 Å². The molecule has 0 spiro atoms. The number of carbonyl (C=O) groups excluding carboxylic acids is 1. The van der Waals surface area contributed by atoms with Crippen molar-refractivity contribution in [1.29, 1.82) is 0 Å². The molecule has 1 atom stereocenters. The molecule has 108 valence electrons. The average Bonchev–Trinajstić information content (AvgIpc) is 2.45. The highest BCUT2D eigenvalue weighted by atomic mass is 16.6. The van der Waals surface area contributed by atoms with E-state index < -0.39 is 22.7 Å². The van der Waals surface area contributed by atoms with E-state index in [4.69, 9.17) is 4.74 Å². The van der Waals surface area contributed by atoms with E-state index in [1.807, 2.05) is 6.92 Å². The van der Waals surface area contributed by atoms with Crippen molar-refractivity contribution >= 4 is 12.0 Å². The van der Waals surface area contributed by atoms with Crippen LogP contribution < -0.4 is 0 Å². The van der Waals surface area contributed by atoms with Crippen LogP contribution >= 0.6 is 0 Å². The third-order valence-electron chi connectivity index (χ3n) is 2.57. The predicted molar refractivity (Wildman–Crippen MR) is 73.3 cm³/mol. The topological polar surface area (TPSA) is 89.7 Å². The first kappa shape index (κ1) is 15.8. The summed E-state index contributed by atoms with van der Waals surface area (Å²) < 4.78 is 4.78. The summed E-state index contributed by atoms with van der Waals surface area (Å²) in [5.74, 6) is -1.00. The Kier molecular flexibility index (Phi) is 6.39. The number of nitro groups is 1. The molecule has 1 N–H and O–H groups in total. The maximum atomic E-state index is 11.5. The van der Waals surface area contributed by atoms with Crippen LogP contribution in [0.5, 0.6) is 0 Å². The monoisotopic (exact) mass is 279 g/mol. The molecular weight excluding hydrogens is 262 g/mol. The van der Waals surface area contributed by atoms with Crippen LogP contribution in [-0.2, 0) is 9.53 Å². The molecule has 6 heteroatoms. The zero-order chi connectivity index (χ0) is 15.0. The van der Waals surface area contributed by atoms with Crippen LogP contribution in [0.3, 0.4) is 0 Å². The van der Waals surface area contributed by atoms with Gasteiger partial charge in [-0.3, -0.25) is 10.1 Å². The SMILES string of the molecule is CCCCOC(=O)C(O)C(=Cc1ccccc1)[N+](=O)[O-]. The normalized spacial score (nSPS) is 12.8. The van der Waals surface area contributed by atoms with Crippen molar-refractivity contribution < 1.29 is 19.6 Å². The number of ether oxygens (including phenoxy) is 1. The maximum absolute atomic E-state index is 11.5. The van der Waals surface area contributed by atoms with Gasteiger partial charge >= 0.3 is 5.97 Å². The first-order valence-electron chi connectivity index (χ1n) is 6.32. The summed E-state index contributed by atoms with van der Waals surface area (Å²) >= 11 is 0. The minimum atomic E-state index is -1.89. The molecule has 6 nitrogen and oxygen atoms in total. The Morgan fingerprint density at radius 2 is 2.10 bits per heavy atom. The third kappa shape index (κ3) is 4.81. The van der Waals surface area contributed by atoms with Gasteiger partial charge in [-0.05, 0) is 12.0 Å². The summed E-state index contributed by atoms with van der Waals surface area (Å²) in [5, 5.41) is 20.7. The first-order valence-corrected chi connectivity index (χ1v) is 6.32. The summed E-state index contributed by atoms with van der Waals surface area (Å²) in [6.07, 6.45) is 0.744. The van der Waals surface area contributed by atoms with Gasteiger partial charge in [-0.2, -0.15) is 0 Å². The van der Waals surface area contributed by atoms with E-state index in [-0.39, 0.29) is 6.61 Å². The summed E-state index contributed by atoms with van der Waals surface area (Å²) in [7, 11) is 0. The van der Waals surface area contributed by atoms with Gasteiger partial charge in [0, 0.05) is 6.08 Å². The first-order chi connectivity index (χ1) is 9.56. The Bertz CT molecular complexity index is 484. The van der Waals surface area contributed by atoms with Gasteiger partial charge in [0.15, 0.2) is 0 Å². The predicted octanol–water partition coefficient (Wildman–Crippen LogP) is 2.01. The fourth-order valence-electron chi connectivity index (χ4n) is 1.47. The molecule has 0 radical (unpaired) electrons. The van der Waals surface area contributed by atoms with Crippen LogP contribution in [0.15, 0.2) is 36.0 Å². The molecule has 1 unspecified atom stereocenters. The van der Waals surface area contributed by atoms with Crippen LogP contribution in [0.4, 0.5) is 0 Å². The second kappa shape index (κ2) is 8.06. The molecule has 0 fully saturated rings. The zero-order valence-electron chi connectivity index (χ0n) is 11.2. The molecule has 0 aliphatic carbocycles. The molecule has 1 rings (SSSR count). The lowest BCUT2D eigenvalue weighted by molar-refractivity contribution is -0.432. The zero-order valence-corrected chi connectivity index (χ0v) is 11.2. The minimum absolute atomic E-state index is 0.142. The summed E-state index contributed by atoms with van der Waals surface area (Å²) in [5.41, 5.74) is -0.0719. The molecule has 20 heavy (non-hydrogen) atoms. The highest BCUT2D eigenvalue weighted by Crippen LogP contribution is 2.12. The number of nitrogens with zero attached hydrogens (tertiary/aromatic N) is 1. The van der Waals surface area contributed by atoms with Gasteiger partial charge in [0.1, 0.15) is 0 Å². The fourth-order valence-corrected chi connectivity index (χ4v) is 1.47.